The second kappa shape index (κ2) is 7.33. The third-order valence-electron chi connectivity index (χ3n) is 3.79. The first kappa shape index (κ1) is 14.1. The minimum atomic E-state index is -0.269. The molecule has 1 aromatic carbocycles. The van der Waals surface area contributed by atoms with Gasteiger partial charge in [-0.25, -0.2) is 0 Å². The SMILES string of the molecule is CCCCC(=C=C1CCCC[C@@H]1O)c1ccccc1. The van der Waals surface area contributed by atoms with E-state index < -0.39 is 0 Å². The largest absolute Gasteiger partial charge is 0.388 e. The maximum atomic E-state index is 10.1. The molecule has 1 fully saturated rings. The van der Waals surface area contributed by atoms with Crippen molar-refractivity contribution in [3.05, 3.63) is 47.2 Å². The van der Waals surface area contributed by atoms with Gasteiger partial charge in [-0.05, 0) is 37.7 Å². The van der Waals surface area contributed by atoms with E-state index in [1.165, 1.54) is 30.4 Å². The van der Waals surface area contributed by atoms with Crippen LogP contribution in [0.2, 0.25) is 0 Å². The number of unbranched alkanes of at least 4 members (excludes halogenated alkanes) is 1. The fraction of sp³-hybridized carbons (Fsp3) is 0.500. The van der Waals surface area contributed by atoms with Crippen LogP contribution in [0.25, 0.3) is 5.57 Å². The molecule has 19 heavy (non-hydrogen) atoms. The molecule has 0 amide bonds. The Morgan fingerprint density at radius 2 is 2.05 bits per heavy atom. The standard InChI is InChI=1S/C18H24O/c1-2-3-9-16(15-10-5-4-6-11-15)14-17-12-7-8-13-18(17)19/h4-6,10-11,18-19H,2-3,7-9,12-13H2,1H3/t14?,18-/m0/s1. The molecule has 1 aliphatic carbocycles. The molecule has 1 N–H and O–H groups in total. The summed E-state index contributed by atoms with van der Waals surface area (Å²) < 4.78 is 0. The van der Waals surface area contributed by atoms with Gasteiger partial charge in [0.1, 0.15) is 0 Å². The van der Waals surface area contributed by atoms with Crippen LogP contribution in [0.3, 0.4) is 0 Å². The highest BCUT2D eigenvalue weighted by molar-refractivity contribution is 5.65. The zero-order valence-corrected chi connectivity index (χ0v) is 11.9. The fourth-order valence-corrected chi connectivity index (χ4v) is 2.61. The van der Waals surface area contributed by atoms with Crippen molar-refractivity contribution in [2.45, 2.75) is 58.0 Å². The molecule has 1 aliphatic rings. The molecule has 0 bridgehead atoms. The molecule has 1 saturated carbocycles. The van der Waals surface area contributed by atoms with Gasteiger partial charge in [-0.1, -0.05) is 50.1 Å². The van der Waals surface area contributed by atoms with Gasteiger partial charge in [0.15, 0.2) is 0 Å². The summed E-state index contributed by atoms with van der Waals surface area (Å²) in [5, 5.41) is 10.1. The second-order valence-electron chi connectivity index (χ2n) is 5.36. The monoisotopic (exact) mass is 256 g/mol. The average molecular weight is 256 g/mol. The van der Waals surface area contributed by atoms with Crippen molar-refractivity contribution in [2.75, 3.05) is 0 Å². The molecule has 2 rings (SSSR count). The summed E-state index contributed by atoms with van der Waals surface area (Å²) in [6.07, 6.45) is 7.39. The average Bonchev–Trinajstić information content (AvgIpc) is 2.46. The number of aliphatic hydroxyl groups is 1. The van der Waals surface area contributed by atoms with Gasteiger partial charge in [-0.2, -0.15) is 0 Å². The van der Waals surface area contributed by atoms with E-state index in [2.05, 4.69) is 36.9 Å². The minimum Gasteiger partial charge on any atom is -0.388 e. The molecule has 0 aliphatic heterocycles. The molecule has 1 aromatic rings. The van der Waals surface area contributed by atoms with Crippen molar-refractivity contribution < 1.29 is 5.11 Å². The quantitative estimate of drug-likeness (QED) is 0.773. The van der Waals surface area contributed by atoms with Crippen LogP contribution >= 0.6 is 0 Å². The highest BCUT2D eigenvalue weighted by Gasteiger charge is 2.15. The first-order chi connectivity index (χ1) is 9.31. The molecule has 0 spiro atoms. The molecule has 0 unspecified atom stereocenters. The van der Waals surface area contributed by atoms with Gasteiger partial charge in [-0.15, -0.1) is 5.73 Å². The van der Waals surface area contributed by atoms with E-state index in [1.54, 1.807) is 0 Å². The van der Waals surface area contributed by atoms with E-state index in [1.807, 2.05) is 6.07 Å². The Balaban J connectivity index is 2.33. The Labute approximate surface area is 116 Å². The molecule has 1 heteroatoms. The molecule has 0 aromatic heterocycles. The molecule has 102 valence electrons. The summed E-state index contributed by atoms with van der Waals surface area (Å²) in [5.41, 5.74) is 7.17. The Kier molecular flexibility index (Phi) is 5.44. The summed E-state index contributed by atoms with van der Waals surface area (Å²) in [7, 11) is 0. The lowest BCUT2D eigenvalue weighted by molar-refractivity contribution is 0.179. The Morgan fingerprint density at radius 3 is 2.74 bits per heavy atom. The lowest BCUT2D eigenvalue weighted by atomic mass is 9.91. The van der Waals surface area contributed by atoms with Crippen LogP contribution in [0.4, 0.5) is 0 Å². The third-order valence-corrected chi connectivity index (χ3v) is 3.79. The fourth-order valence-electron chi connectivity index (χ4n) is 2.61. The van der Waals surface area contributed by atoms with Crippen LogP contribution in [0, 0.1) is 0 Å². The van der Waals surface area contributed by atoms with Crippen molar-refractivity contribution in [3.63, 3.8) is 0 Å². The Bertz CT molecular complexity index is 452. The highest BCUT2D eigenvalue weighted by atomic mass is 16.3. The zero-order valence-electron chi connectivity index (χ0n) is 11.9. The first-order valence-electron chi connectivity index (χ1n) is 7.53. The maximum Gasteiger partial charge on any atom is 0.0823 e. The molecule has 1 atom stereocenters. The van der Waals surface area contributed by atoms with Gasteiger partial charge in [0.05, 0.1) is 6.10 Å². The minimum absolute atomic E-state index is 0.269. The van der Waals surface area contributed by atoms with E-state index in [4.69, 9.17) is 0 Å². The Hall–Kier alpha value is -1.30. The van der Waals surface area contributed by atoms with Crippen LogP contribution in [0.1, 0.15) is 57.4 Å². The summed E-state index contributed by atoms with van der Waals surface area (Å²) in [4.78, 5) is 0. The first-order valence-corrected chi connectivity index (χ1v) is 7.53. The van der Waals surface area contributed by atoms with Crippen LogP contribution in [-0.2, 0) is 0 Å². The summed E-state index contributed by atoms with van der Waals surface area (Å²) >= 11 is 0. The normalized spacial score (nSPS) is 19.1. The second-order valence-corrected chi connectivity index (χ2v) is 5.36. The number of aliphatic hydroxyl groups excluding tert-OH is 1. The van der Waals surface area contributed by atoms with Crippen LogP contribution < -0.4 is 0 Å². The number of hydrogen-bond donors (Lipinski definition) is 1. The third kappa shape index (κ3) is 4.09. The van der Waals surface area contributed by atoms with Crippen molar-refractivity contribution in [3.8, 4) is 0 Å². The molecular formula is C18H24O. The summed E-state index contributed by atoms with van der Waals surface area (Å²) in [6.45, 7) is 2.21. The van der Waals surface area contributed by atoms with Crippen LogP contribution in [-0.4, -0.2) is 11.2 Å². The van der Waals surface area contributed by atoms with E-state index >= 15 is 0 Å². The zero-order chi connectivity index (χ0) is 13.5. The predicted molar refractivity (Wildman–Crippen MR) is 80.9 cm³/mol. The number of benzene rings is 1. The van der Waals surface area contributed by atoms with Gasteiger partial charge in [0.25, 0.3) is 0 Å². The van der Waals surface area contributed by atoms with Gasteiger partial charge in [0, 0.05) is 11.1 Å². The van der Waals surface area contributed by atoms with E-state index in [-0.39, 0.29) is 6.10 Å². The van der Waals surface area contributed by atoms with Crippen molar-refractivity contribution in [2.24, 2.45) is 0 Å². The molecule has 0 radical (unpaired) electrons. The Morgan fingerprint density at radius 1 is 1.26 bits per heavy atom. The number of hydrogen-bond acceptors (Lipinski definition) is 1. The highest BCUT2D eigenvalue weighted by Crippen LogP contribution is 2.26. The van der Waals surface area contributed by atoms with Crippen LogP contribution in [0.5, 0.6) is 0 Å². The van der Waals surface area contributed by atoms with E-state index in [0.29, 0.717) is 0 Å². The lowest BCUT2D eigenvalue weighted by Crippen LogP contribution is -2.14. The maximum absolute atomic E-state index is 10.1. The molecule has 0 heterocycles. The number of rotatable bonds is 4. The molecule has 0 saturated heterocycles. The predicted octanol–water partition coefficient (Wildman–Crippen LogP) is 4.72. The molecule has 1 nitrogen and oxygen atoms in total. The summed E-state index contributed by atoms with van der Waals surface area (Å²) in [5.74, 6) is 0. The topological polar surface area (TPSA) is 20.2 Å². The van der Waals surface area contributed by atoms with E-state index in [9.17, 15) is 5.11 Å². The van der Waals surface area contributed by atoms with Crippen LogP contribution in [0.15, 0.2) is 41.6 Å². The van der Waals surface area contributed by atoms with E-state index in [0.717, 1.165) is 31.3 Å². The van der Waals surface area contributed by atoms with Crippen molar-refractivity contribution >= 4 is 5.57 Å². The van der Waals surface area contributed by atoms with Gasteiger partial charge in [-0.3, -0.25) is 0 Å². The van der Waals surface area contributed by atoms with Gasteiger partial charge >= 0.3 is 0 Å². The smallest absolute Gasteiger partial charge is 0.0823 e. The van der Waals surface area contributed by atoms with Crippen molar-refractivity contribution in [1.82, 2.24) is 0 Å². The van der Waals surface area contributed by atoms with Gasteiger partial charge in [0.2, 0.25) is 0 Å². The van der Waals surface area contributed by atoms with Gasteiger partial charge < -0.3 is 5.11 Å². The summed E-state index contributed by atoms with van der Waals surface area (Å²) in [6, 6.07) is 10.5. The lowest BCUT2D eigenvalue weighted by Gasteiger charge is -2.19. The molecular weight excluding hydrogens is 232 g/mol. The van der Waals surface area contributed by atoms with Crippen molar-refractivity contribution in [1.29, 1.82) is 0 Å².